The maximum absolute atomic E-state index is 12.9. The number of hydrogen-bond acceptors (Lipinski definition) is 2. The number of alkyl halides is 3. The molecule has 3 amide bonds. The van der Waals surface area contributed by atoms with E-state index in [1.165, 1.54) is 30.0 Å². The summed E-state index contributed by atoms with van der Waals surface area (Å²) in [6.07, 6.45) is -4.56. The van der Waals surface area contributed by atoms with Crippen LogP contribution in [0.1, 0.15) is 12.5 Å². The van der Waals surface area contributed by atoms with Crippen LogP contribution in [-0.2, 0) is 11.0 Å². The summed E-state index contributed by atoms with van der Waals surface area (Å²) in [5.74, 6) is -0.333. The highest BCUT2D eigenvalue weighted by Gasteiger charge is 2.35. The quantitative estimate of drug-likeness (QED) is 0.834. The third-order valence-corrected chi connectivity index (χ3v) is 3.23. The molecule has 0 radical (unpaired) electrons. The van der Waals surface area contributed by atoms with Crippen molar-refractivity contribution in [1.29, 1.82) is 0 Å². The second kappa shape index (κ2) is 5.63. The lowest BCUT2D eigenvalue weighted by atomic mass is 10.1. The number of para-hydroxylation sites is 1. The van der Waals surface area contributed by atoms with Crippen molar-refractivity contribution in [3.05, 3.63) is 29.8 Å². The molecule has 1 unspecified atom stereocenters. The molecule has 2 N–H and O–H groups in total. The van der Waals surface area contributed by atoms with Crippen LogP contribution in [0, 0.1) is 0 Å². The van der Waals surface area contributed by atoms with E-state index in [1.807, 2.05) is 0 Å². The maximum Gasteiger partial charge on any atom is 0.418 e. The van der Waals surface area contributed by atoms with Crippen molar-refractivity contribution in [1.82, 2.24) is 10.2 Å². The van der Waals surface area contributed by atoms with E-state index < -0.39 is 23.8 Å². The molecule has 1 aliphatic heterocycles. The van der Waals surface area contributed by atoms with Crippen molar-refractivity contribution >= 4 is 17.6 Å². The molecule has 2 rings (SSSR count). The summed E-state index contributed by atoms with van der Waals surface area (Å²) < 4.78 is 38.6. The van der Waals surface area contributed by atoms with Crippen LogP contribution in [0.2, 0.25) is 0 Å². The number of rotatable bonds is 1. The molecule has 21 heavy (non-hydrogen) atoms. The molecule has 8 heteroatoms. The van der Waals surface area contributed by atoms with Gasteiger partial charge in [0, 0.05) is 13.1 Å². The van der Waals surface area contributed by atoms with Crippen LogP contribution in [-0.4, -0.2) is 36.0 Å². The summed E-state index contributed by atoms with van der Waals surface area (Å²) in [5, 5.41) is 4.80. The monoisotopic (exact) mass is 301 g/mol. The number of hydrogen-bond donors (Lipinski definition) is 2. The number of carbonyl (C=O) groups is 2. The van der Waals surface area contributed by atoms with Crippen LogP contribution in [0.5, 0.6) is 0 Å². The van der Waals surface area contributed by atoms with E-state index in [-0.39, 0.29) is 24.7 Å². The number of halogens is 3. The molecule has 0 bridgehead atoms. The van der Waals surface area contributed by atoms with Crippen LogP contribution in [0.3, 0.4) is 0 Å². The molecular formula is C13H14F3N3O2. The Bertz CT molecular complexity index is 560. The molecule has 0 spiro atoms. The summed E-state index contributed by atoms with van der Waals surface area (Å²) in [6.45, 7) is 2.04. The van der Waals surface area contributed by atoms with Crippen molar-refractivity contribution in [2.45, 2.75) is 19.1 Å². The van der Waals surface area contributed by atoms with Gasteiger partial charge in [-0.15, -0.1) is 0 Å². The van der Waals surface area contributed by atoms with Gasteiger partial charge in [-0.3, -0.25) is 4.79 Å². The third kappa shape index (κ3) is 3.26. The zero-order valence-corrected chi connectivity index (χ0v) is 11.2. The Balaban J connectivity index is 2.19. The summed E-state index contributed by atoms with van der Waals surface area (Å²) in [4.78, 5) is 24.7. The molecule has 114 valence electrons. The Morgan fingerprint density at radius 1 is 1.38 bits per heavy atom. The summed E-state index contributed by atoms with van der Waals surface area (Å²) in [6, 6.07) is 3.26. The lowest BCUT2D eigenvalue weighted by molar-refractivity contribution is -0.137. The molecule has 1 saturated heterocycles. The van der Waals surface area contributed by atoms with Gasteiger partial charge < -0.3 is 15.5 Å². The highest BCUT2D eigenvalue weighted by atomic mass is 19.4. The van der Waals surface area contributed by atoms with E-state index in [0.29, 0.717) is 0 Å². The standard InChI is InChI=1S/C13H14F3N3O2/c1-8-11(20)17-6-7-19(8)12(21)18-10-5-3-2-4-9(10)13(14,15)16/h2-5,8H,6-7H2,1H3,(H,17,20)(H,18,21). The second-order valence-electron chi connectivity index (χ2n) is 4.63. The van der Waals surface area contributed by atoms with E-state index in [2.05, 4.69) is 10.6 Å². The molecule has 1 heterocycles. The fraction of sp³-hybridized carbons (Fsp3) is 0.385. The van der Waals surface area contributed by atoms with Crippen molar-refractivity contribution in [3.63, 3.8) is 0 Å². The van der Waals surface area contributed by atoms with Gasteiger partial charge in [0.05, 0.1) is 11.3 Å². The predicted octanol–water partition coefficient (Wildman–Crippen LogP) is 2.06. The maximum atomic E-state index is 12.9. The predicted molar refractivity (Wildman–Crippen MR) is 69.6 cm³/mol. The molecule has 1 aromatic carbocycles. The highest BCUT2D eigenvalue weighted by Crippen LogP contribution is 2.34. The van der Waals surface area contributed by atoms with Gasteiger partial charge >= 0.3 is 12.2 Å². The largest absolute Gasteiger partial charge is 0.418 e. The molecule has 1 fully saturated rings. The molecule has 0 aromatic heterocycles. The van der Waals surface area contributed by atoms with E-state index in [4.69, 9.17) is 0 Å². The van der Waals surface area contributed by atoms with Crippen molar-refractivity contribution in [2.24, 2.45) is 0 Å². The van der Waals surface area contributed by atoms with Gasteiger partial charge in [0.2, 0.25) is 5.91 Å². The lowest BCUT2D eigenvalue weighted by Gasteiger charge is -2.33. The Hall–Kier alpha value is -2.25. The number of nitrogens with zero attached hydrogens (tertiary/aromatic N) is 1. The first kappa shape index (κ1) is 15.1. The minimum absolute atomic E-state index is 0.243. The second-order valence-corrected chi connectivity index (χ2v) is 4.63. The van der Waals surface area contributed by atoms with Crippen molar-refractivity contribution < 1.29 is 22.8 Å². The number of anilines is 1. The molecule has 1 aromatic rings. The van der Waals surface area contributed by atoms with Crippen molar-refractivity contribution in [2.75, 3.05) is 18.4 Å². The average molecular weight is 301 g/mol. The molecule has 0 saturated carbocycles. The Labute approximate surface area is 119 Å². The zero-order chi connectivity index (χ0) is 15.6. The van der Waals surface area contributed by atoms with E-state index in [1.54, 1.807) is 0 Å². The molecular weight excluding hydrogens is 287 g/mol. The number of piperazine rings is 1. The normalized spacial score (nSPS) is 19.1. The van der Waals surface area contributed by atoms with Gasteiger partial charge in [0.25, 0.3) is 0 Å². The van der Waals surface area contributed by atoms with Crippen LogP contribution >= 0.6 is 0 Å². The van der Waals surface area contributed by atoms with Gasteiger partial charge in [-0.1, -0.05) is 12.1 Å². The number of nitrogens with one attached hydrogen (secondary N) is 2. The summed E-state index contributed by atoms with van der Waals surface area (Å²) in [5.41, 5.74) is -1.25. The topological polar surface area (TPSA) is 61.4 Å². The van der Waals surface area contributed by atoms with Crippen LogP contribution < -0.4 is 10.6 Å². The average Bonchev–Trinajstić information content (AvgIpc) is 2.41. The number of amides is 3. The van der Waals surface area contributed by atoms with Crippen LogP contribution in [0.25, 0.3) is 0 Å². The fourth-order valence-corrected chi connectivity index (χ4v) is 2.09. The Morgan fingerprint density at radius 2 is 2.05 bits per heavy atom. The highest BCUT2D eigenvalue weighted by molar-refractivity contribution is 5.94. The number of benzene rings is 1. The van der Waals surface area contributed by atoms with Gasteiger partial charge in [-0.05, 0) is 19.1 Å². The third-order valence-electron chi connectivity index (χ3n) is 3.23. The Morgan fingerprint density at radius 3 is 2.71 bits per heavy atom. The molecule has 1 atom stereocenters. The number of urea groups is 1. The van der Waals surface area contributed by atoms with E-state index in [0.717, 1.165) is 6.07 Å². The van der Waals surface area contributed by atoms with Crippen LogP contribution in [0.15, 0.2) is 24.3 Å². The first-order chi connectivity index (χ1) is 9.80. The molecule has 1 aliphatic rings. The first-order valence-corrected chi connectivity index (χ1v) is 6.32. The lowest BCUT2D eigenvalue weighted by Crippen LogP contribution is -2.56. The SMILES string of the molecule is CC1C(=O)NCCN1C(=O)Nc1ccccc1C(F)(F)F. The van der Waals surface area contributed by atoms with Gasteiger partial charge in [-0.2, -0.15) is 13.2 Å². The fourth-order valence-electron chi connectivity index (χ4n) is 2.09. The first-order valence-electron chi connectivity index (χ1n) is 6.32. The van der Waals surface area contributed by atoms with Gasteiger partial charge in [0.1, 0.15) is 6.04 Å². The van der Waals surface area contributed by atoms with Crippen molar-refractivity contribution in [3.8, 4) is 0 Å². The van der Waals surface area contributed by atoms with Gasteiger partial charge in [0.15, 0.2) is 0 Å². The summed E-state index contributed by atoms with van der Waals surface area (Å²) >= 11 is 0. The molecule has 0 aliphatic carbocycles. The number of carbonyl (C=O) groups excluding carboxylic acids is 2. The Kier molecular flexibility index (Phi) is 4.06. The van der Waals surface area contributed by atoms with E-state index >= 15 is 0 Å². The zero-order valence-electron chi connectivity index (χ0n) is 11.2. The van der Waals surface area contributed by atoms with E-state index in [9.17, 15) is 22.8 Å². The minimum Gasteiger partial charge on any atom is -0.353 e. The summed E-state index contributed by atoms with van der Waals surface area (Å²) in [7, 11) is 0. The minimum atomic E-state index is -4.56. The van der Waals surface area contributed by atoms with Crippen LogP contribution in [0.4, 0.5) is 23.7 Å². The molecule has 5 nitrogen and oxygen atoms in total. The van der Waals surface area contributed by atoms with Gasteiger partial charge in [-0.25, -0.2) is 4.79 Å². The smallest absolute Gasteiger partial charge is 0.353 e.